The normalized spacial score (nSPS) is 17.7. The lowest BCUT2D eigenvalue weighted by Gasteiger charge is -2.29. The van der Waals surface area contributed by atoms with E-state index >= 15 is 0 Å². The SMILES string of the molecule is CC(C)(C)C(F)=C(COC(N)=O)COc1ccc2c(c1)CCN(C1CC1)C2=O. The number of fused-ring (bicyclic) bond motifs is 1. The fourth-order valence-corrected chi connectivity index (χ4v) is 3.33. The first-order valence-corrected chi connectivity index (χ1v) is 9.53. The summed E-state index contributed by atoms with van der Waals surface area (Å²) in [5.41, 5.74) is 6.13. The van der Waals surface area contributed by atoms with E-state index in [-0.39, 0.29) is 24.7 Å². The molecule has 1 aliphatic heterocycles. The molecule has 0 radical (unpaired) electrons. The molecule has 1 aliphatic carbocycles. The molecular formula is C21H27FN2O4. The third-order valence-electron chi connectivity index (χ3n) is 4.95. The summed E-state index contributed by atoms with van der Waals surface area (Å²) in [5, 5.41) is 0. The predicted octanol–water partition coefficient (Wildman–Crippen LogP) is 3.59. The molecule has 2 N–H and O–H groups in total. The molecule has 1 aromatic carbocycles. The Kier molecular flexibility index (Phi) is 5.63. The molecule has 28 heavy (non-hydrogen) atoms. The van der Waals surface area contributed by atoms with Crippen molar-refractivity contribution < 1.29 is 23.5 Å². The average Bonchev–Trinajstić information content (AvgIpc) is 3.45. The summed E-state index contributed by atoms with van der Waals surface area (Å²) in [6, 6.07) is 5.72. The smallest absolute Gasteiger partial charge is 0.404 e. The summed E-state index contributed by atoms with van der Waals surface area (Å²) in [4.78, 5) is 25.4. The quantitative estimate of drug-likeness (QED) is 0.805. The number of halogens is 1. The van der Waals surface area contributed by atoms with E-state index < -0.39 is 17.3 Å². The number of hydrogen-bond acceptors (Lipinski definition) is 4. The van der Waals surface area contributed by atoms with Crippen molar-refractivity contribution in [3.8, 4) is 5.75 Å². The lowest BCUT2D eigenvalue weighted by Crippen LogP contribution is -2.39. The van der Waals surface area contributed by atoms with Gasteiger partial charge in [-0.25, -0.2) is 9.18 Å². The number of primary amides is 1. The van der Waals surface area contributed by atoms with Crippen LogP contribution in [0.25, 0.3) is 0 Å². The molecular weight excluding hydrogens is 363 g/mol. The molecule has 1 aromatic rings. The molecule has 1 fully saturated rings. The molecule has 2 aliphatic rings. The molecule has 0 unspecified atom stereocenters. The number of amides is 2. The van der Waals surface area contributed by atoms with Crippen LogP contribution in [-0.2, 0) is 11.2 Å². The molecule has 2 amide bonds. The number of hydrogen-bond donors (Lipinski definition) is 1. The Morgan fingerprint density at radius 3 is 2.61 bits per heavy atom. The number of rotatable bonds is 6. The number of ether oxygens (including phenoxy) is 2. The van der Waals surface area contributed by atoms with Gasteiger partial charge in [-0.3, -0.25) is 4.79 Å². The van der Waals surface area contributed by atoms with E-state index in [4.69, 9.17) is 15.2 Å². The number of nitrogens with two attached hydrogens (primary N) is 1. The zero-order valence-electron chi connectivity index (χ0n) is 16.6. The van der Waals surface area contributed by atoms with Crippen molar-refractivity contribution in [1.29, 1.82) is 0 Å². The second-order valence-corrected chi connectivity index (χ2v) is 8.36. The highest BCUT2D eigenvalue weighted by Gasteiger charge is 2.36. The molecule has 0 aromatic heterocycles. The topological polar surface area (TPSA) is 81.9 Å². The van der Waals surface area contributed by atoms with Crippen molar-refractivity contribution in [2.75, 3.05) is 19.8 Å². The molecule has 0 spiro atoms. The second kappa shape index (κ2) is 7.81. The van der Waals surface area contributed by atoms with E-state index in [0.717, 1.165) is 31.4 Å². The third-order valence-corrected chi connectivity index (χ3v) is 4.95. The first kappa shape index (κ1) is 20.2. The molecule has 6 nitrogen and oxygen atoms in total. The van der Waals surface area contributed by atoms with Crippen LogP contribution >= 0.6 is 0 Å². The van der Waals surface area contributed by atoms with Crippen molar-refractivity contribution in [2.45, 2.75) is 46.1 Å². The lowest BCUT2D eigenvalue weighted by atomic mass is 9.92. The van der Waals surface area contributed by atoms with Gasteiger partial charge in [0, 0.05) is 29.1 Å². The summed E-state index contributed by atoms with van der Waals surface area (Å²) in [6.45, 7) is 5.56. The minimum Gasteiger partial charge on any atom is -0.489 e. The largest absolute Gasteiger partial charge is 0.489 e. The highest BCUT2D eigenvalue weighted by atomic mass is 19.1. The van der Waals surface area contributed by atoms with Crippen LogP contribution < -0.4 is 10.5 Å². The van der Waals surface area contributed by atoms with E-state index in [1.807, 2.05) is 11.0 Å². The van der Waals surface area contributed by atoms with Crippen LogP contribution in [0.15, 0.2) is 29.6 Å². The van der Waals surface area contributed by atoms with Crippen LogP contribution in [0, 0.1) is 5.41 Å². The van der Waals surface area contributed by atoms with Gasteiger partial charge in [-0.2, -0.15) is 0 Å². The van der Waals surface area contributed by atoms with Crippen molar-refractivity contribution in [3.63, 3.8) is 0 Å². The standard InChI is InChI=1S/C21H27FN2O4/c1-21(2,3)18(22)14(12-28-20(23)26)11-27-16-6-7-17-13(10-16)8-9-24(19(17)25)15-4-5-15/h6-7,10,15H,4-5,8-9,11-12H2,1-3H3,(H2,23,26). The summed E-state index contributed by atoms with van der Waals surface area (Å²) in [6.07, 6.45) is 1.99. The summed E-state index contributed by atoms with van der Waals surface area (Å²) >= 11 is 0. The predicted molar refractivity (Wildman–Crippen MR) is 103 cm³/mol. The molecule has 0 saturated heterocycles. The number of carbonyl (C=O) groups is 2. The maximum atomic E-state index is 14.7. The Morgan fingerprint density at radius 2 is 2.00 bits per heavy atom. The highest BCUT2D eigenvalue weighted by molar-refractivity contribution is 5.97. The molecule has 3 rings (SSSR count). The fraction of sp³-hybridized carbons (Fsp3) is 0.524. The van der Waals surface area contributed by atoms with Crippen molar-refractivity contribution >= 4 is 12.0 Å². The first-order valence-electron chi connectivity index (χ1n) is 9.53. The Labute approximate surface area is 164 Å². The van der Waals surface area contributed by atoms with Gasteiger partial charge in [0.15, 0.2) is 0 Å². The average molecular weight is 390 g/mol. The molecule has 1 heterocycles. The molecule has 0 atom stereocenters. The van der Waals surface area contributed by atoms with E-state index in [1.54, 1.807) is 32.9 Å². The minimum absolute atomic E-state index is 0.0721. The summed E-state index contributed by atoms with van der Waals surface area (Å²) in [5.74, 6) is 0.219. The van der Waals surface area contributed by atoms with E-state index in [2.05, 4.69) is 0 Å². The fourth-order valence-electron chi connectivity index (χ4n) is 3.33. The second-order valence-electron chi connectivity index (χ2n) is 8.36. The first-order chi connectivity index (χ1) is 13.2. The highest BCUT2D eigenvalue weighted by Crippen LogP contribution is 2.33. The van der Waals surface area contributed by atoms with Crippen molar-refractivity contribution in [1.82, 2.24) is 4.90 Å². The van der Waals surface area contributed by atoms with Gasteiger partial charge in [0.05, 0.1) is 0 Å². The Bertz CT molecular complexity index is 809. The van der Waals surface area contributed by atoms with Gasteiger partial charge in [-0.05, 0) is 43.0 Å². The van der Waals surface area contributed by atoms with Gasteiger partial charge in [-0.15, -0.1) is 0 Å². The monoisotopic (exact) mass is 390 g/mol. The number of carbonyl (C=O) groups excluding carboxylic acids is 2. The lowest BCUT2D eigenvalue weighted by molar-refractivity contribution is 0.0727. The maximum absolute atomic E-state index is 14.7. The van der Waals surface area contributed by atoms with Crippen LogP contribution in [0.2, 0.25) is 0 Å². The van der Waals surface area contributed by atoms with E-state index in [9.17, 15) is 14.0 Å². The van der Waals surface area contributed by atoms with E-state index in [0.29, 0.717) is 17.4 Å². The van der Waals surface area contributed by atoms with Gasteiger partial charge >= 0.3 is 6.09 Å². The zero-order chi connectivity index (χ0) is 20.5. The minimum atomic E-state index is -0.966. The van der Waals surface area contributed by atoms with Gasteiger partial charge in [0.2, 0.25) is 0 Å². The number of nitrogens with zero attached hydrogens (tertiary/aromatic N) is 1. The van der Waals surface area contributed by atoms with Crippen LogP contribution in [0.4, 0.5) is 9.18 Å². The molecule has 1 saturated carbocycles. The van der Waals surface area contributed by atoms with Crippen LogP contribution in [0.1, 0.15) is 49.5 Å². The van der Waals surface area contributed by atoms with Gasteiger partial charge in [0.25, 0.3) is 5.91 Å². The Morgan fingerprint density at radius 1 is 1.29 bits per heavy atom. The van der Waals surface area contributed by atoms with Crippen molar-refractivity contribution in [3.05, 3.63) is 40.7 Å². The number of allylic oxidation sites excluding steroid dienone is 1. The molecule has 7 heteroatoms. The summed E-state index contributed by atoms with van der Waals surface area (Å²) < 4.78 is 25.2. The van der Waals surface area contributed by atoms with Crippen LogP contribution in [-0.4, -0.2) is 42.7 Å². The Hall–Kier alpha value is -2.57. The van der Waals surface area contributed by atoms with Crippen molar-refractivity contribution in [2.24, 2.45) is 11.1 Å². The molecule has 152 valence electrons. The molecule has 0 bridgehead atoms. The van der Waals surface area contributed by atoms with E-state index in [1.165, 1.54) is 0 Å². The zero-order valence-corrected chi connectivity index (χ0v) is 16.6. The van der Waals surface area contributed by atoms with Gasteiger partial charge < -0.3 is 20.1 Å². The van der Waals surface area contributed by atoms with Crippen LogP contribution in [0.3, 0.4) is 0 Å². The third kappa shape index (κ3) is 4.64. The maximum Gasteiger partial charge on any atom is 0.404 e. The van der Waals surface area contributed by atoms with Gasteiger partial charge in [0.1, 0.15) is 24.8 Å². The Balaban J connectivity index is 1.72. The number of benzene rings is 1. The van der Waals surface area contributed by atoms with Crippen LogP contribution in [0.5, 0.6) is 5.75 Å². The summed E-state index contributed by atoms with van der Waals surface area (Å²) in [7, 11) is 0. The van der Waals surface area contributed by atoms with Gasteiger partial charge in [-0.1, -0.05) is 20.8 Å².